The second-order valence-corrected chi connectivity index (χ2v) is 8.97. The molecule has 26 heavy (non-hydrogen) atoms. The molecule has 1 aromatic carbocycles. The Hall–Kier alpha value is -1.31. The van der Waals surface area contributed by atoms with Gasteiger partial charge in [0.25, 0.3) is 0 Å². The van der Waals surface area contributed by atoms with Crippen LogP contribution in [0.15, 0.2) is 30.3 Å². The average Bonchev–Trinajstić information content (AvgIpc) is 3.00. The summed E-state index contributed by atoms with van der Waals surface area (Å²) in [7, 11) is 0. The lowest BCUT2D eigenvalue weighted by Crippen LogP contribution is -2.43. The molecular weight excluding hydrogens is 320 g/mol. The minimum absolute atomic E-state index is 0.106. The van der Waals surface area contributed by atoms with Crippen LogP contribution in [0.25, 0.3) is 0 Å². The standard InChI is InChI=1S/C24H36O2/c1-4-5-7-11-18(2)20-15-16-21-22(14-10-17-24(20,21)3)26-23(25)19-12-8-6-9-13-19/h6,8-9,12-13,18,20-22H,4-5,7,10-11,14-17H2,1-3H3/t18-,20-,21?,22+,24-/m1/s1. The molecule has 2 aliphatic carbocycles. The van der Waals surface area contributed by atoms with Gasteiger partial charge in [0, 0.05) is 5.92 Å². The van der Waals surface area contributed by atoms with Crippen molar-refractivity contribution in [3.63, 3.8) is 0 Å². The zero-order valence-corrected chi connectivity index (χ0v) is 16.9. The first-order chi connectivity index (χ1) is 12.6. The molecule has 0 saturated heterocycles. The Balaban J connectivity index is 1.66. The predicted octanol–water partition coefficient (Wildman–Crippen LogP) is 6.64. The van der Waals surface area contributed by atoms with Crippen molar-refractivity contribution < 1.29 is 9.53 Å². The number of fused-ring (bicyclic) bond motifs is 1. The molecule has 2 aliphatic rings. The van der Waals surface area contributed by atoms with Crippen LogP contribution in [0.3, 0.4) is 0 Å². The van der Waals surface area contributed by atoms with E-state index in [1.807, 2.05) is 30.3 Å². The summed E-state index contributed by atoms with van der Waals surface area (Å²) in [5.41, 5.74) is 1.04. The van der Waals surface area contributed by atoms with Crippen LogP contribution >= 0.6 is 0 Å². The molecule has 2 fully saturated rings. The summed E-state index contributed by atoms with van der Waals surface area (Å²) >= 11 is 0. The first-order valence-corrected chi connectivity index (χ1v) is 10.8. The topological polar surface area (TPSA) is 26.3 Å². The van der Waals surface area contributed by atoms with Crippen LogP contribution in [-0.4, -0.2) is 12.1 Å². The van der Waals surface area contributed by atoms with Gasteiger partial charge in [-0.05, 0) is 61.5 Å². The maximum atomic E-state index is 12.6. The third-order valence-corrected chi connectivity index (χ3v) is 7.35. The van der Waals surface area contributed by atoms with Gasteiger partial charge in [0.05, 0.1) is 5.56 Å². The number of hydrogen-bond acceptors (Lipinski definition) is 2. The van der Waals surface area contributed by atoms with Crippen molar-refractivity contribution in [2.45, 2.75) is 84.7 Å². The fourth-order valence-electron chi connectivity index (χ4n) is 5.93. The molecule has 144 valence electrons. The zero-order chi connectivity index (χ0) is 18.6. The molecule has 0 heterocycles. The normalized spacial score (nSPS) is 32.0. The number of carbonyl (C=O) groups is 1. The zero-order valence-electron chi connectivity index (χ0n) is 16.9. The number of ether oxygens (including phenoxy) is 1. The minimum Gasteiger partial charge on any atom is -0.458 e. The van der Waals surface area contributed by atoms with E-state index in [0.29, 0.717) is 16.9 Å². The molecule has 3 rings (SSSR count). The maximum Gasteiger partial charge on any atom is 0.338 e. The summed E-state index contributed by atoms with van der Waals surface area (Å²) in [6, 6.07) is 9.47. The second kappa shape index (κ2) is 8.59. The van der Waals surface area contributed by atoms with Crippen LogP contribution in [0.1, 0.15) is 88.9 Å². The molecule has 0 bridgehead atoms. The number of unbranched alkanes of at least 4 members (excludes halogenated alkanes) is 2. The number of rotatable bonds is 7. The Morgan fingerprint density at radius 1 is 1.19 bits per heavy atom. The van der Waals surface area contributed by atoms with Gasteiger partial charge in [0.1, 0.15) is 6.10 Å². The van der Waals surface area contributed by atoms with Crippen molar-refractivity contribution in [3.8, 4) is 0 Å². The van der Waals surface area contributed by atoms with Crippen molar-refractivity contribution in [3.05, 3.63) is 35.9 Å². The fourth-order valence-corrected chi connectivity index (χ4v) is 5.93. The van der Waals surface area contributed by atoms with Crippen molar-refractivity contribution >= 4 is 5.97 Å². The largest absolute Gasteiger partial charge is 0.458 e. The molecule has 0 spiro atoms. The van der Waals surface area contributed by atoms with Gasteiger partial charge in [-0.15, -0.1) is 0 Å². The van der Waals surface area contributed by atoms with E-state index < -0.39 is 0 Å². The number of benzene rings is 1. The molecule has 2 saturated carbocycles. The third-order valence-electron chi connectivity index (χ3n) is 7.35. The fraction of sp³-hybridized carbons (Fsp3) is 0.708. The Labute approximate surface area is 159 Å². The van der Waals surface area contributed by atoms with E-state index in [1.54, 1.807) is 0 Å². The van der Waals surface area contributed by atoms with E-state index in [2.05, 4.69) is 20.8 Å². The summed E-state index contributed by atoms with van der Waals surface area (Å²) in [5.74, 6) is 1.99. The van der Waals surface area contributed by atoms with E-state index in [9.17, 15) is 4.79 Å². The van der Waals surface area contributed by atoms with Gasteiger partial charge in [-0.1, -0.05) is 64.7 Å². The average molecular weight is 357 g/mol. The lowest BCUT2D eigenvalue weighted by Gasteiger charge is -2.46. The highest BCUT2D eigenvalue weighted by molar-refractivity contribution is 5.89. The highest BCUT2D eigenvalue weighted by Gasteiger charge is 2.53. The number of esters is 1. The molecular formula is C24H36O2. The van der Waals surface area contributed by atoms with Crippen LogP contribution in [-0.2, 0) is 4.74 Å². The van der Waals surface area contributed by atoms with E-state index in [-0.39, 0.29) is 12.1 Å². The lowest BCUT2D eigenvalue weighted by atomic mass is 9.61. The van der Waals surface area contributed by atoms with Crippen molar-refractivity contribution in [1.82, 2.24) is 0 Å². The van der Waals surface area contributed by atoms with Gasteiger partial charge < -0.3 is 4.74 Å². The molecule has 1 aromatic rings. The van der Waals surface area contributed by atoms with Crippen LogP contribution < -0.4 is 0 Å². The summed E-state index contributed by atoms with van der Waals surface area (Å²) in [6.45, 7) is 7.24. The number of hydrogen-bond donors (Lipinski definition) is 0. The van der Waals surface area contributed by atoms with Crippen LogP contribution in [0, 0.1) is 23.2 Å². The van der Waals surface area contributed by atoms with Crippen LogP contribution in [0.5, 0.6) is 0 Å². The minimum atomic E-state index is -0.140. The molecule has 0 radical (unpaired) electrons. The first-order valence-electron chi connectivity index (χ1n) is 10.8. The van der Waals surface area contributed by atoms with Crippen molar-refractivity contribution in [2.24, 2.45) is 23.2 Å². The molecule has 2 nitrogen and oxygen atoms in total. The van der Waals surface area contributed by atoms with Gasteiger partial charge in [0.2, 0.25) is 0 Å². The van der Waals surface area contributed by atoms with Gasteiger partial charge in [0.15, 0.2) is 0 Å². The SMILES string of the molecule is CCCCC[C@@H](C)[C@H]1CCC2[C@@H](OC(=O)c3ccccc3)CCC[C@@]21C. The monoisotopic (exact) mass is 356 g/mol. The van der Waals surface area contributed by atoms with Crippen LogP contribution in [0.4, 0.5) is 0 Å². The molecule has 5 atom stereocenters. The Morgan fingerprint density at radius 2 is 1.96 bits per heavy atom. The summed E-state index contributed by atoms with van der Waals surface area (Å²) in [4.78, 5) is 12.6. The molecule has 2 heteroatoms. The van der Waals surface area contributed by atoms with E-state index >= 15 is 0 Å². The molecule has 0 N–H and O–H groups in total. The van der Waals surface area contributed by atoms with Gasteiger partial charge in [-0.25, -0.2) is 4.79 Å². The first kappa shape index (κ1) is 19.5. The predicted molar refractivity (Wildman–Crippen MR) is 107 cm³/mol. The molecule has 1 unspecified atom stereocenters. The van der Waals surface area contributed by atoms with Crippen LogP contribution in [0.2, 0.25) is 0 Å². The molecule has 0 amide bonds. The Bertz CT molecular complexity index is 581. The van der Waals surface area contributed by atoms with Crippen molar-refractivity contribution in [2.75, 3.05) is 0 Å². The van der Waals surface area contributed by atoms with Crippen molar-refractivity contribution in [1.29, 1.82) is 0 Å². The molecule has 0 aromatic heterocycles. The summed E-state index contributed by atoms with van der Waals surface area (Å²) in [5, 5.41) is 0. The summed E-state index contributed by atoms with van der Waals surface area (Å²) < 4.78 is 6.04. The summed E-state index contributed by atoms with van der Waals surface area (Å²) in [6.07, 6.45) is 11.6. The number of carbonyl (C=O) groups excluding carboxylic acids is 1. The maximum absolute atomic E-state index is 12.6. The van der Waals surface area contributed by atoms with E-state index in [1.165, 1.54) is 51.4 Å². The smallest absolute Gasteiger partial charge is 0.338 e. The highest BCUT2D eigenvalue weighted by Crippen LogP contribution is 2.58. The van der Waals surface area contributed by atoms with E-state index in [4.69, 9.17) is 4.74 Å². The Morgan fingerprint density at radius 3 is 2.69 bits per heavy atom. The molecule has 0 aliphatic heterocycles. The lowest BCUT2D eigenvalue weighted by molar-refractivity contribution is -0.0473. The third kappa shape index (κ3) is 4.00. The van der Waals surface area contributed by atoms with Gasteiger partial charge in [-0.3, -0.25) is 0 Å². The Kier molecular flexibility index (Phi) is 6.42. The second-order valence-electron chi connectivity index (χ2n) is 8.97. The quantitative estimate of drug-likeness (QED) is 0.404. The van der Waals surface area contributed by atoms with E-state index in [0.717, 1.165) is 18.3 Å². The van der Waals surface area contributed by atoms with Gasteiger partial charge in [-0.2, -0.15) is 0 Å². The highest BCUT2D eigenvalue weighted by atomic mass is 16.5. The van der Waals surface area contributed by atoms with Gasteiger partial charge >= 0.3 is 5.97 Å².